The third-order valence-electron chi connectivity index (χ3n) is 3.79. The predicted molar refractivity (Wildman–Crippen MR) is 118 cm³/mol. The van der Waals surface area contributed by atoms with Gasteiger partial charge in [0.1, 0.15) is 18.0 Å². The van der Waals surface area contributed by atoms with E-state index in [2.05, 4.69) is 20.0 Å². The number of halogens is 2. The number of fused-ring (bicyclic) bond motifs is 1. The van der Waals surface area contributed by atoms with Gasteiger partial charge in [-0.1, -0.05) is 11.6 Å². The lowest BCUT2D eigenvalue weighted by atomic mass is 10.2. The topological polar surface area (TPSA) is 68.7 Å². The van der Waals surface area contributed by atoms with E-state index in [4.69, 9.17) is 44.4 Å². The summed E-state index contributed by atoms with van der Waals surface area (Å²) in [4.78, 5) is 7.24. The highest BCUT2D eigenvalue weighted by atomic mass is 35.5. The number of ether oxygens (including phenoxy) is 3. The molecule has 1 saturated heterocycles. The Balaban J connectivity index is 1.86. The van der Waals surface area contributed by atoms with Gasteiger partial charge in [-0.3, -0.25) is 4.90 Å². The molecule has 2 heterocycles. The van der Waals surface area contributed by atoms with E-state index in [0.29, 0.717) is 0 Å². The molecular formula is C22H24ClFN4O3. The SMILES string of the molecule is [2H]C([2H])([2H])Oc1cc2ncnc(Nc3ccc(F)c(Cl)c3)c2cc1OC([2H])([2H])C([2H])([2H])C([2H])([2H])N1C([2H])([2H])C([2H])([2H])OC([2H])([2H])C1([2H])[2H]. The van der Waals surface area contributed by atoms with Crippen molar-refractivity contribution in [3.05, 3.63) is 47.5 Å². The van der Waals surface area contributed by atoms with E-state index in [9.17, 15) is 4.39 Å². The minimum Gasteiger partial charge on any atom is -0.493 e. The van der Waals surface area contributed by atoms with E-state index < -0.39 is 74.8 Å². The molecule has 0 saturated carbocycles. The number of hydrogen-bond acceptors (Lipinski definition) is 7. The lowest BCUT2D eigenvalue weighted by Crippen LogP contribution is -2.37. The molecule has 0 atom stereocenters. The fraction of sp³-hybridized carbons (Fsp3) is 0.364. The van der Waals surface area contributed by atoms with Gasteiger partial charge in [-0.05, 0) is 30.6 Å². The number of hydrogen-bond donors (Lipinski definition) is 1. The average Bonchev–Trinajstić information content (AvgIpc) is 2.88. The second-order valence-corrected chi connectivity index (χ2v) is 6.11. The molecule has 2 aromatic carbocycles. The van der Waals surface area contributed by atoms with Crippen LogP contribution in [0, 0.1) is 5.82 Å². The Kier molecular flexibility index (Phi) is 2.95. The van der Waals surface area contributed by atoms with Gasteiger partial charge in [0.05, 0.1) is 49.6 Å². The van der Waals surface area contributed by atoms with Crippen LogP contribution in [0.2, 0.25) is 5.02 Å². The highest BCUT2D eigenvalue weighted by Gasteiger charge is 2.14. The molecule has 4 rings (SSSR count). The zero-order valence-corrected chi connectivity index (χ0v) is 16.0. The summed E-state index contributed by atoms with van der Waals surface area (Å²) in [5.74, 6) is -2.50. The molecule has 0 spiro atoms. The first-order valence-electron chi connectivity index (χ1n) is 16.9. The molecule has 0 radical (unpaired) electrons. The molecule has 164 valence electrons. The molecule has 1 N–H and O–H groups in total. The number of rotatable bonds is 8. The van der Waals surface area contributed by atoms with Gasteiger partial charge in [0, 0.05) is 47.6 Å². The summed E-state index contributed by atoms with van der Waals surface area (Å²) in [5.41, 5.74) is 0.144. The third-order valence-corrected chi connectivity index (χ3v) is 4.08. The van der Waals surface area contributed by atoms with Gasteiger partial charge in [0.15, 0.2) is 11.5 Å². The van der Waals surface area contributed by atoms with Crippen molar-refractivity contribution >= 4 is 34.0 Å². The zero-order valence-electron chi connectivity index (χ0n) is 32.3. The number of nitrogens with one attached hydrogen (secondary N) is 1. The van der Waals surface area contributed by atoms with Crippen LogP contribution in [0.25, 0.3) is 10.9 Å². The Bertz CT molecular complexity index is 1700. The summed E-state index contributed by atoms with van der Waals surface area (Å²) < 4.78 is 165. The van der Waals surface area contributed by atoms with Gasteiger partial charge >= 0.3 is 0 Å². The van der Waals surface area contributed by atoms with E-state index in [1.54, 1.807) is 0 Å². The van der Waals surface area contributed by atoms with Crippen molar-refractivity contribution in [3.63, 3.8) is 0 Å². The van der Waals surface area contributed by atoms with Gasteiger partial charge in [-0.2, -0.15) is 0 Å². The van der Waals surface area contributed by atoms with Crippen molar-refractivity contribution in [3.8, 4) is 11.5 Å². The minimum absolute atomic E-state index is 0.0506. The first-order chi connectivity index (χ1) is 21.5. The van der Waals surface area contributed by atoms with Gasteiger partial charge < -0.3 is 19.5 Å². The summed E-state index contributed by atoms with van der Waals surface area (Å²) >= 11 is 5.84. The molecule has 0 aliphatic carbocycles. The Morgan fingerprint density at radius 1 is 1.29 bits per heavy atom. The number of nitrogens with zero attached hydrogens (tertiary/aromatic N) is 3. The standard InChI is InChI=1S/C22H24ClFN4O3/c1-29-20-13-19-16(12-21(20)31-8-2-5-28-6-9-30-10-7-28)22(26-14-25-19)27-15-3-4-18(24)17(23)11-15/h3-4,11-14H,2,5-10H2,1H3,(H,25,26,27)/i1D3,2D2,5D2,6D2,7D2,8D2,9D2,10D2. The second-order valence-electron chi connectivity index (χ2n) is 5.70. The maximum Gasteiger partial charge on any atom is 0.162 e. The van der Waals surface area contributed by atoms with Crippen LogP contribution < -0.4 is 14.8 Å². The predicted octanol–water partition coefficient (Wildman–Crippen LogP) is 4.28. The maximum absolute atomic E-state index is 13.7. The van der Waals surface area contributed by atoms with Crippen molar-refractivity contribution in [2.24, 2.45) is 0 Å². The molecule has 1 fully saturated rings. The molecule has 1 aromatic heterocycles. The number of methoxy groups -OCH3 is 1. The quantitative estimate of drug-likeness (QED) is 0.534. The van der Waals surface area contributed by atoms with Gasteiger partial charge in [0.2, 0.25) is 0 Å². The summed E-state index contributed by atoms with van der Waals surface area (Å²) in [5, 5.41) is 2.46. The number of anilines is 2. The van der Waals surface area contributed by atoms with E-state index in [1.165, 1.54) is 12.1 Å². The smallest absolute Gasteiger partial charge is 0.162 e. The molecule has 0 bridgehead atoms. The van der Waals surface area contributed by atoms with Gasteiger partial charge in [0.25, 0.3) is 0 Å². The van der Waals surface area contributed by atoms with E-state index in [1.807, 2.05) is 0 Å². The van der Waals surface area contributed by atoms with Crippen LogP contribution in [0.5, 0.6) is 11.5 Å². The van der Waals surface area contributed by atoms with Crippen molar-refractivity contribution in [2.45, 2.75) is 6.37 Å². The van der Waals surface area contributed by atoms with Gasteiger partial charge in [-0.15, -0.1) is 0 Å². The highest BCUT2D eigenvalue weighted by Crippen LogP contribution is 2.35. The summed E-state index contributed by atoms with van der Waals surface area (Å²) in [6.07, 6.45) is -3.21. The Morgan fingerprint density at radius 2 is 2.16 bits per heavy atom. The molecule has 0 unspecified atom stereocenters. The van der Waals surface area contributed by atoms with Crippen molar-refractivity contribution in [2.75, 3.05) is 51.5 Å². The summed E-state index contributed by atoms with van der Waals surface area (Å²) in [6.45, 7) is -23.9. The average molecular weight is 464 g/mol. The molecule has 3 aromatic rings. The Labute approximate surface area is 209 Å². The monoisotopic (exact) mass is 463 g/mol. The van der Waals surface area contributed by atoms with Crippen LogP contribution in [-0.2, 0) is 4.74 Å². The molecule has 0 amide bonds. The normalized spacial score (nSPS) is 31.0. The minimum atomic E-state index is -4.30. The summed E-state index contributed by atoms with van der Waals surface area (Å²) in [6, 6.07) is 5.33. The van der Waals surface area contributed by atoms with Crippen LogP contribution in [-0.4, -0.2) is 61.1 Å². The molecule has 7 nitrogen and oxygen atoms in total. The Morgan fingerprint density at radius 3 is 2.97 bits per heavy atom. The molecule has 1 aliphatic rings. The van der Waals surface area contributed by atoms with Crippen molar-refractivity contribution < 1.29 is 41.9 Å². The molecule has 9 heteroatoms. The highest BCUT2D eigenvalue weighted by molar-refractivity contribution is 6.31. The van der Waals surface area contributed by atoms with Crippen LogP contribution in [0.15, 0.2) is 36.7 Å². The first-order valence-corrected chi connectivity index (χ1v) is 8.76. The zero-order chi connectivity index (χ0) is 36.7. The van der Waals surface area contributed by atoms with E-state index in [-0.39, 0.29) is 27.4 Å². The largest absolute Gasteiger partial charge is 0.493 e. The number of benzene rings is 2. The van der Waals surface area contributed by atoms with E-state index >= 15 is 0 Å². The first kappa shape index (κ1) is 9.05. The fourth-order valence-electron chi connectivity index (χ4n) is 2.44. The maximum atomic E-state index is 13.7. The van der Waals surface area contributed by atoms with Crippen LogP contribution >= 0.6 is 11.6 Å². The van der Waals surface area contributed by atoms with Crippen molar-refractivity contribution in [1.29, 1.82) is 0 Å². The second kappa shape index (κ2) is 10.1. The van der Waals surface area contributed by atoms with E-state index in [0.717, 1.165) is 24.5 Å². The lowest BCUT2D eigenvalue weighted by Gasteiger charge is -2.26. The van der Waals surface area contributed by atoms with Gasteiger partial charge in [-0.25, -0.2) is 14.4 Å². The molecule has 31 heavy (non-hydrogen) atoms. The van der Waals surface area contributed by atoms with Crippen molar-refractivity contribution in [1.82, 2.24) is 14.9 Å². The molecular weight excluding hydrogens is 423 g/mol. The molecule has 1 aliphatic heterocycles. The summed E-state index contributed by atoms with van der Waals surface area (Å²) in [7, 11) is -3.22. The van der Waals surface area contributed by atoms with Crippen LogP contribution in [0.1, 0.15) is 29.7 Å². The third kappa shape index (κ3) is 5.33. The number of morpholine rings is 1. The van der Waals surface area contributed by atoms with Crippen LogP contribution in [0.4, 0.5) is 15.9 Å². The Hall–Kier alpha value is -2.68. The lowest BCUT2D eigenvalue weighted by molar-refractivity contribution is 0.0357. The fourth-order valence-corrected chi connectivity index (χ4v) is 2.62. The number of aromatic nitrogens is 2. The van der Waals surface area contributed by atoms with Crippen LogP contribution in [0.3, 0.4) is 0 Å².